The lowest BCUT2D eigenvalue weighted by molar-refractivity contribution is -0.113. The van der Waals surface area contributed by atoms with Crippen LogP contribution in [-0.4, -0.2) is 35.9 Å². The number of aromatic hydroxyl groups is 1. The van der Waals surface area contributed by atoms with Crippen LogP contribution < -0.4 is 10.7 Å². The fourth-order valence-corrected chi connectivity index (χ4v) is 3.92. The maximum atomic E-state index is 12.6. The molecule has 26 heavy (non-hydrogen) atoms. The molecule has 0 unspecified atom stereocenters. The molecule has 0 radical (unpaired) electrons. The number of aliphatic hydroxyl groups is 1. The van der Waals surface area contributed by atoms with E-state index >= 15 is 0 Å². The fourth-order valence-electron chi connectivity index (χ4n) is 2.52. The van der Waals surface area contributed by atoms with Crippen molar-refractivity contribution in [1.82, 2.24) is 4.31 Å². The van der Waals surface area contributed by atoms with E-state index in [0.717, 1.165) is 19.2 Å². The summed E-state index contributed by atoms with van der Waals surface area (Å²) in [5.41, 5.74) is -1.30. The number of carbonyl (C=O) groups excluding carboxylic acids is 1. The van der Waals surface area contributed by atoms with Gasteiger partial charge in [0.1, 0.15) is 5.75 Å². The summed E-state index contributed by atoms with van der Waals surface area (Å²) in [5, 5.41) is 22.1. The van der Waals surface area contributed by atoms with Gasteiger partial charge >= 0.3 is 0 Å². The number of benzene rings is 1. The highest BCUT2D eigenvalue weighted by Gasteiger charge is 2.37. The van der Waals surface area contributed by atoms with Gasteiger partial charge in [-0.1, -0.05) is 12.1 Å². The van der Waals surface area contributed by atoms with Crippen molar-refractivity contribution >= 4 is 27.4 Å². The first-order valence-corrected chi connectivity index (χ1v) is 8.84. The highest BCUT2D eigenvalue weighted by Crippen LogP contribution is 2.34. The molecule has 1 aliphatic heterocycles. The van der Waals surface area contributed by atoms with Crippen molar-refractivity contribution in [3.63, 3.8) is 0 Å². The molecule has 1 heterocycles. The molecule has 0 fully saturated rings. The zero-order valence-electron chi connectivity index (χ0n) is 13.5. The van der Waals surface area contributed by atoms with Crippen molar-refractivity contribution in [1.29, 1.82) is 0 Å². The van der Waals surface area contributed by atoms with Gasteiger partial charge in [-0.05, 0) is 36.4 Å². The number of anilines is 1. The van der Waals surface area contributed by atoms with Crippen LogP contribution in [0.25, 0.3) is 5.76 Å². The van der Waals surface area contributed by atoms with Crippen LogP contribution in [0.4, 0.5) is 5.69 Å². The van der Waals surface area contributed by atoms with E-state index in [1.807, 2.05) is 0 Å². The van der Waals surface area contributed by atoms with E-state index in [4.69, 9.17) is 0 Å². The van der Waals surface area contributed by atoms with Gasteiger partial charge in [0.2, 0.25) is 5.43 Å². The predicted octanol–water partition coefficient (Wildman–Crippen LogP) is 1.25. The molecule has 3 rings (SSSR count). The molecule has 2 aromatic rings. The van der Waals surface area contributed by atoms with Crippen molar-refractivity contribution in [2.75, 3.05) is 12.4 Å². The molecule has 0 aromatic heterocycles. The molecule has 0 atom stereocenters. The first-order valence-electron chi connectivity index (χ1n) is 7.40. The Hall–Kier alpha value is -3.33. The van der Waals surface area contributed by atoms with Gasteiger partial charge in [-0.25, -0.2) is 8.42 Å². The van der Waals surface area contributed by atoms with Crippen molar-refractivity contribution < 1.29 is 23.4 Å². The van der Waals surface area contributed by atoms with E-state index < -0.39 is 32.8 Å². The number of fused-ring (bicyclic) bond motifs is 1. The number of rotatable bonds is 2. The number of carbonyl (C=O) groups is 1. The fraction of sp³-hybridized carbons (Fsp3) is 0.0588. The Morgan fingerprint density at radius 3 is 2.42 bits per heavy atom. The van der Waals surface area contributed by atoms with E-state index in [1.54, 1.807) is 0 Å². The normalized spacial score (nSPS) is 15.3. The molecular formula is C17H14N2O6S. The molecule has 134 valence electrons. The first kappa shape index (κ1) is 17.5. The third-order valence-electron chi connectivity index (χ3n) is 3.87. The number of aliphatic hydroxyl groups excluding tert-OH is 1. The van der Waals surface area contributed by atoms with E-state index in [0.29, 0.717) is 4.31 Å². The van der Waals surface area contributed by atoms with E-state index in [1.165, 1.54) is 36.4 Å². The minimum absolute atomic E-state index is 0.00522. The molecule has 8 nitrogen and oxygen atoms in total. The second-order valence-electron chi connectivity index (χ2n) is 5.49. The lowest BCUT2D eigenvalue weighted by atomic mass is 10.1. The molecule has 0 bridgehead atoms. The van der Waals surface area contributed by atoms with Gasteiger partial charge in [0.05, 0.1) is 10.6 Å². The maximum Gasteiger partial charge on any atom is 0.276 e. The van der Waals surface area contributed by atoms with E-state index in [9.17, 15) is 28.2 Å². The standard InChI is InChI=1S/C17H14N2O6S/c1-19-15(16(22)11-4-2-3-5-14(11)26(19,24)25)17(23)18-12-8-6-10(20)7-9-13(12)21/h2-9,20,22H,1H3,(H,18,21,23). The predicted molar refractivity (Wildman–Crippen MR) is 93.9 cm³/mol. The van der Waals surface area contributed by atoms with Crippen LogP contribution in [0.1, 0.15) is 5.56 Å². The highest BCUT2D eigenvalue weighted by molar-refractivity contribution is 7.89. The Morgan fingerprint density at radius 1 is 1.04 bits per heavy atom. The second kappa shape index (κ2) is 6.19. The van der Waals surface area contributed by atoms with E-state index in [-0.39, 0.29) is 21.9 Å². The monoisotopic (exact) mass is 374 g/mol. The Bertz CT molecular complexity index is 1110. The zero-order valence-corrected chi connectivity index (χ0v) is 14.3. The van der Waals surface area contributed by atoms with Gasteiger partial charge in [-0.15, -0.1) is 0 Å². The summed E-state index contributed by atoms with van der Waals surface area (Å²) in [6.07, 6.45) is 0. The zero-order chi connectivity index (χ0) is 19.1. The van der Waals surface area contributed by atoms with Crippen LogP contribution in [0.5, 0.6) is 5.75 Å². The summed E-state index contributed by atoms with van der Waals surface area (Å²) in [4.78, 5) is 24.4. The number of likely N-dealkylation sites (N-methyl/N-ethyl adjacent to an activating group) is 1. The van der Waals surface area contributed by atoms with Gasteiger partial charge in [0.15, 0.2) is 11.5 Å². The van der Waals surface area contributed by atoms with Gasteiger partial charge in [0, 0.05) is 12.6 Å². The van der Waals surface area contributed by atoms with Gasteiger partial charge in [-0.2, -0.15) is 0 Å². The second-order valence-corrected chi connectivity index (χ2v) is 7.43. The van der Waals surface area contributed by atoms with Crippen molar-refractivity contribution in [2.24, 2.45) is 0 Å². The molecular weight excluding hydrogens is 360 g/mol. The molecule has 1 amide bonds. The Morgan fingerprint density at radius 2 is 1.69 bits per heavy atom. The highest BCUT2D eigenvalue weighted by atomic mass is 32.2. The minimum Gasteiger partial charge on any atom is -0.508 e. The van der Waals surface area contributed by atoms with Crippen LogP contribution in [0.2, 0.25) is 0 Å². The Kier molecular flexibility index (Phi) is 4.17. The number of sulfonamides is 1. The van der Waals surface area contributed by atoms with Crippen molar-refractivity contribution in [3.05, 3.63) is 70.0 Å². The topological polar surface area (TPSA) is 124 Å². The number of hydrogen-bond donors (Lipinski definition) is 3. The molecule has 3 N–H and O–H groups in total. The summed E-state index contributed by atoms with van der Waals surface area (Å²) in [5.74, 6) is -1.69. The summed E-state index contributed by atoms with van der Waals surface area (Å²) < 4.78 is 25.8. The lowest BCUT2D eigenvalue weighted by Crippen LogP contribution is -2.37. The maximum absolute atomic E-state index is 12.6. The van der Waals surface area contributed by atoms with Gasteiger partial charge in [0.25, 0.3) is 15.9 Å². The molecule has 2 aromatic carbocycles. The first-order chi connectivity index (χ1) is 12.2. The minimum atomic E-state index is -4.03. The molecule has 0 saturated carbocycles. The van der Waals surface area contributed by atoms with Crippen LogP contribution in [0, 0.1) is 0 Å². The van der Waals surface area contributed by atoms with Gasteiger partial charge in [-0.3, -0.25) is 13.9 Å². The lowest BCUT2D eigenvalue weighted by Gasteiger charge is -2.28. The number of nitrogens with one attached hydrogen (secondary N) is 1. The largest absolute Gasteiger partial charge is 0.508 e. The number of nitrogens with zero attached hydrogens (tertiary/aromatic N) is 1. The SMILES string of the molecule is CN1C(C(=O)Nc2ccc(O)ccc2=O)=C(O)c2ccccc2S1(=O)=O. The Labute approximate surface area is 148 Å². The van der Waals surface area contributed by atoms with Crippen LogP contribution in [0.15, 0.2) is 63.9 Å². The summed E-state index contributed by atoms with van der Waals surface area (Å²) >= 11 is 0. The molecule has 1 aliphatic rings. The average Bonchev–Trinajstić information content (AvgIpc) is 2.76. The van der Waals surface area contributed by atoms with Crippen LogP contribution in [0.3, 0.4) is 0 Å². The van der Waals surface area contributed by atoms with Crippen LogP contribution >= 0.6 is 0 Å². The third kappa shape index (κ3) is 2.78. The third-order valence-corrected chi connectivity index (χ3v) is 5.69. The average molecular weight is 374 g/mol. The van der Waals surface area contributed by atoms with Crippen LogP contribution in [-0.2, 0) is 14.8 Å². The summed E-state index contributed by atoms with van der Waals surface area (Å²) in [7, 11) is -2.90. The van der Waals surface area contributed by atoms with E-state index in [2.05, 4.69) is 5.32 Å². The van der Waals surface area contributed by atoms with Crippen molar-refractivity contribution in [2.45, 2.75) is 4.90 Å². The number of amides is 1. The Balaban J connectivity index is 2.10. The number of hydrogen-bond acceptors (Lipinski definition) is 6. The molecule has 9 heteroatoms. The summed E-state index contributed by atoms with van der Waals surface area (Å²) in [6.45, 7) is 0. The smallest absolute Gasteiger partial charge is 0.276 e. The van der Waals surface area contributed by atoms with Crippen molar-refractivity contribution in [3.8, 4) is 5.75 Å². The van der Waals surface area contributed by atoms with Gasteiger partial charge < -0.3 is 15.5 Å². The summed E-state index contributed by atoms with van der Waals surface area (Å²) in [6, 6.07) is 10.3. The molecule has 0 aliphatic carbocycles. The molecule has 0 spiro atoms. The quantitative estimate of drug-likeness (QED) is 0.727. The molecule has 0 saturated heterocycles.